The van der Waals surface area contributed by atoms with Gasteiger partial charge in [-0.25, -0.2) is 4.98 Å². The maximum Gasteiger partial charge on any atom is 0.0960 e. The van der Waals surface area contributed by atoms with Crippen LogP contribution in [0.25, 0.3) is 32.6 Å². The van der Waals surface area contributed by atoms with Crippen LogP contribution < -0.4 is 0 Å². The zero-order valence-corrected chi connectivity index (χ0v) is 12.6. The molecule has 110 valence electrons. The fourth-order valence-corrected chi connectivity index (χ4v) is 2.81. The number of nitrogens with one attached hydrogen (secondary N) is 1. The van der Waals surface area contributed by atoms with Gasteiger partial charge in [-0.05, 0) is 22.2 Å². The molecule has 2 heteroatoms. The van der Waals surface area contributed by atoms with Crippen LogP contribution in [-0.4, -0.2) is 9.97 Å². The second kappa shape index (κ2) is 5.93. The van der Waals surface area contributed by atoms with Gasteiger partial charge in [0.1, 0.15) is 0 Å². The van der Waals surface area contributed by atoms with Gasteiger partial charge in [0.2, 0.25) is 0 Å². The van der Waals surface area contributed by atoms with Crippen LogP contribution in [0.2, 0.25) is 0 Å². The second-order valence-corrected chi connectivity index (χ2v) is 5.43. The molecule has 23 heavy (non-hydrogen) atoms. The van der Waals surface area contributed by atoms with Gasteiger partial charge in [0.05, 0.1) is 17.4 Å². The summed E-state index contributed by atoms with van der Waals surface area (Å²) in [5.74, 6) is 0. The molecule has 5 rings (SSSR count). The summed E-state index contributed by atoms with van der Waals surface area (Å²) in [6.45, 7) is 0. The number of H-pyrrole nitrogens is 1. The highest BCUT2D eigenvalue weighted by Gasteiger charge is 2.00. The molecule has 2 nitrogen and oxygen atoms in total. The van der Waals surface area contributed by atoms with Crippen molar-refractivity contribution in [1.82, 2.24) is 9.97 Å². The Bertz CT molecular complexity index is 1010. The summed E-state index contributed by atoms with van der Waals surface area (Å²) in [6.07, 6.45) is 1.73. The topological polar surface area (TPSA) is 28.7 Å². The number of benzene rings is 4. The third kappa shape index (κ3) is 2.67. The van der Waals surface area contributed by atoms with Gasteiger partial charge in [-0.2, -0.15) is 0 Å². The monoisotopic (exact) mass is 296 g/mol. The van der Waals surface area contributed by atoms with Crippen molar-refractivity contribution in [3.8, 4) is 0 Å². The zero-order chi connectivity index (χ0) is 15.5. The van der Waals surface area contributed by atoms with Crippen molar-refractivity contribution in [2.45, 2.75) is 0 Å². The van der Waals surface area contributed by atoms with Crippen LogP contribution in [-0.2, 0) is 0 Å². The molecule has 1 aromatic heterocycles. The number of hydrogen-bond donors (Lipinski definition) is 1. The first kappa shape index (κ1) is 13.5. The predicted octanol–water partition coefficient (Wildman–Crippen LogP) is 5.56. The molecule has 0 saturated heterocycles. The van der Waals surface area contributed by atoms with E-state index in [4.69, 9.17) is 0 Å². The van der Waals surface area contributed by atoms with Crippen LogP contribution in [0.4, 0.5) is 0 Å². The Morgan fingerprint density at radius 3 is 1.78 bits per heavy atom. The molecule has 1 N–H and O–H groups in total. The van der Waals surface area contributed by atoms with Crippen LogP contribution in [0.3, 0.4) is 0 Å². The largest absolute Gasteiger partial charge is 0.345 e. The van der Waals surface area contributed by atoms with Crippen LogP contribution in [0, 0.1) is 0 Å². The lowest BCUT2D eigenvalue weighted by atomic mass is 10.1. The smallest absolute Gasteiger partial charge is 0.0960 e. The first-order chi connectivity index (χ1) is 11.4. The Morgan fingerprint density at radius 2 is 1.13 bits per heavy atom. The average Bonchev–Trinajstić information content (AvgIpc) is 3.12. The maximum atomic E-state index is 4.29. The Balaban J connectivity index is 0.000000122. The minimum Gasteiger partial charge on any atom is -0.345 e. The summed E-state index contributed by atoms with van der Waals surface area (Å²) in [7, 11) is 0. The van der Waals surface area contributed by atoms with E-state index >= 15 is 0 Å². The fourth-order valence-electron chi connectivity index (χ4n) is 2.81. The lowest BCUT2D eigenvalue weighted by Gasteiger charge is -1.96. The molecule has 0 saturated carbocycles. The van der Waals surface area contributed by atoms with E-state index in [1.807, 2.05) is 12.1 Å². The first-order valence-electron chi connectivity index (χ1n) is 7.66. The van der Waals surface area contributed by atoms with E-state index in [-0.39, 0.29) is 0 Å². The van der Waals surface area contributed by atoms with E-state index in [0.717, 1.165) is 11.0 Å². The van der Waals surface area contributed by atoms with Crippen molar-refractivity contribution in [2.75, 3.05) is 0 Å². The van der Waals surface area contributed by atoms with Crippen LogP contribution in [0.15, 0.2) is 91.3 Å². The first-order valence-corrected chi connectivity index (χ1v) is 7.66. The van der Waals surface area contributed by atoms with Gasteiger partial charge >= 0.3 is 0 Å². The van der Waals surface area contributed by atoms with Gasteiger partial charge in [-0.15, -0.1) is 0 Å². The molecule has 0 radical (unpaired) electrons. The molecule has 0 fully saturated rings. The molecule has 4 aromatic carbocycles. The number of imidazole rings is 1. The van der Waals surface area contributed by atoms with Crippen LogP contribution >= 0.6 is 0 Å². The van der Waals surface area contributed by atoms with E-state index in [0.29, 0.717) is 0 Å². The molecular weight excluding hydrogens is 280 g/mol. The van der Waals surface area contributed by atoms with E-state index in [1.54, 1.807) is 6.33 Å². The predicted molar refractivity (Wildman–Crippen MR) is 97.5 cm³/mol. The average molecular weight is 296 g/mol. The summed E-state index contributed by atoms with van der Waals surface area (Å²) in [5, 5.41) is 5.07. The summed E-state index contributed by atoms with van der Waals surface area (Å²) in [4.78, 5) is 7.39. The fraction of sp³-hybridized carbons (Fsp3) is 0. The molecule has 0 bridgehead atoms. The SMILES string of the molecule is c1ccc2c(c1)ccc1[nH]cnc12.c1ccc2ccccc2c1. The molecule has 1 heterocycles. The van der Waals surface area contributed by atoms with Gasteiger partial charge in [-0.3, -0.25) is 0 Å². The normalized spacial score (nSPS) is 10.6. The highest BCUT2D eigenvalue weighted by atomic mass is 14.9. The van der Waals surface area contributed by atoms with Crippen molar-refractivity contribution < 1.29 is 0 Å². The number of aromatic amines is 1. The van der Waals surface area contributed by atoms with Crippen molar-refractivity contribution in [2.24, 2.45) is 0 Å². The number of nitrogens with zero attached hydrogens (tertiary/aromatic N) is 1. The van der Waals surface area contributed by atoms with Crippen molar-refractivity contribution in [3.63, 3.8) is 0 Å². The number of hydrogen-bond acceptors (Lipinski definition) is 1. The summed E-state index contributed by atoms with van der Waals surface area (Å²) >= 11 is 0. The summed E-state index contributed by atoms with van der Waals surface area (Å²) in [6, 6.07) is 29.2. The van der Waals surface area contributed by atoms with Crippen LogP contribution in [0.5, 0.6) is 0 Å². The quantitative estimate of drug-likeness (QED) is 0.398. The van der Waals surface area contributed by atoms with Crippen molar-refractivity contribution in [1.29, 1.82) is 0 Å². The molecule has 0 unspecified atom stereocenters. The zero-order valence-electron chi connectivity index (χ0n) is 12.6. The molecular formula is C21H16N2. The Labute approximate surface area is 134 Å². The lowest BCUT2D eigenvalue weighted by Crippen LogP contribution is -1.74. The summed E-state index contributed by atoms with van der Waals surface area (Å²) < 4.78 is 0. The Morgan fingerprint density at radius 1 is 0.565 bits per heavy atom. The van der Waals surface area contributed by atoms with Crippen LogP contribution in [0.1, 0.15) is 0 Å². The third-order valence-corrected chi connectivity index (χ3v) is 3.97. The number of rotatable bonds is 0. The minimum atomic E-state index is 1.05. The molecule has 0 amide bonds. The number of fused-ring (bicyclic) bond motifs is 4. The molecule has 0 atom stereocenters. The van der Waals surface area contributed by atoms with Gasteiger partial charge in [0.25, 0.3) is 0 Å². The van der Waals surface area contributed by atoms with Gasteiger partial charge in [0, 0.05) is 5.39 Å². The van der Waals surface area contributed by atoms with E-state index in [9.17, 15) is 0 Å². The highest BCUT2D eigenvalue weighted by Crippen LogP contribution is 2.21. The van der Waals surface area contributed by atoms with Gasteiger partial charge in [-0.1, -0.05) is 78.9 Å². The summed E-state index contributed by atoms with van der Waals surface area (Å²) in [5.41, 5.74) is 2.15. The molecule has 0 aliphatic carbocycles. The highest BCUT2D eigenvalue weighted by molar-refractivity contribution is 6.03. The molecule has 0 spiro atoms. The lowest BCUT2D eigenvalue weighted by molar-refractivity contribution is 1.35. The van der Waals surface area contributed by atoms with E-state index < -0.39 is 0 Å². The molecule has 0 aliphatic rings. The van der Waals surface area contributed by atoms with Crippen molar-refractivity contribution in [3.05, 3.63) is 91.3 Å². The minimum absolute atomic E-state index is 1.05. The van der Waals surface area contributed by atoms with Gasteiger partial charge in [0.15, 0.2) is 0 Å². The van der Waals surface area contributed by atoms with Crippen molar-refractivity contribution >= 4 is 32.6 Å². The third-order valence-electron chi connectivity index (χ3n) is 3.97. The Hall–Kier alpha value is -3.13. The molecule has 5 aromatic rings. The van der Waals surface area contributed by atoms with E-state index in [1.165, 1.54) is 21.5 Å². The molecule has 0 aliphatic heterocycles. The maximum absolute atomic E-state index is 4.29. The standard InChI is InChI=1S/C11H8N2.C10H8/c1-2-4-9-8(3-1)5-6-10-11(9)13-7-12-10;1-2-6-10-8-4-3-7-9(10)5-1/h1-7H,(H,12,13);1-8H. The Kier molecular flexibility index (Phi) is 3.49. The number of aromatic nitrogens is 2. The van der Waals surface area contributed by atoms with Gasteiger partial charge < -0.3 is 4.98 Å². The second-order valence-electron chi connectivity index (χ2n) is 5.43. The van der Waals surface area contributed by atoms with E-state index in [2.05, 4.69) is 82.8 Å².